The normalized spacial score (nSPS) is 9.45. The molecule has 0 aliphatic rings. The number of aryl methyl sites for hydroxylation is 1. The van der Waals surface area contributed by atoms with Gasteiger partial charge in [-0.1, -0.05) is 13.3 Å². The van der Waals surface area contributed by atoms with Crippen molar-refractivity contribution in [3.05, 3.63) is 18.2 Å². The molecule has 0 fully saturated rings. The van der Waals surface area contributed by atoms with E-state index in [0.29, 0.717) is 5.82 Å². The first-order valence-corrected chi connectivity index (χ1v) is 3.79. The van der Waals surface area contributed by atoms with E-state index in [0.717, 1.165) is 19.4 Å². The second-order valence-corrected chi connectivity index (χ2v) is 2.41. The molecule has 0 radical (unpaired) electrons. The van der Waals surface area contributed by atoms with Crippen LogP contribution in [0.25, 0.3) is 0 Å². The molecule has 0 saturated heterocycles. The number of aromatic nitrogens is 2. The van der Waals surface area contributed by atoms with Gasteiger partial charge >= 0.3 is 0 Å². The van der Waals surface area contributed by atoms with Gasteiger partial charge in [0, 0.05) is 18.9 Å². The van der Waals surface area contributed by atoms with Crippen LogP contribution in [0.5, 0.6) is 0 Å². The van der Waals surface area contributed by atoms with Gasteiger partial charge in [-0.3, -0.25) is 0 Å². The summed E-state index contributed by atoms with van der Waals surface area (Å²) in [5, 5.41) is 8.57. The first-order chi connectivity index (χ1) is 5.38. The summed E-state index contributed by atoms with van der Waals surface area (Å²) in [5.41, 5.74) is 0. The standard InChI is InChI=1S/C8H11N3/c1-2-3-5-11-6-4-10-8(11)7-9/h4,6H,2-3,5H2,1H3. The Balaban J connectivity index is 2.63. The van der Waals surface area contributed by atoms with Gasteiger partial charge in [-0.15, -0.1) is 0 Å². The Bertz CT molecular complexity index is 257. The summed E-state index contributed by atoms with van der Waals surface area (Å²) >= 11 is 0. The van der Waals surface area contributed by atoms with Gasteiger partial charge in [-0.05, 0) is 6.42 Å². The molecule has 1 aromatic rings. The van der Waals surface area contributed by atoms with Gasteiger partial charge in [-0.25, -0.2) is 4.98 Å². The topological polar surface area (TPSA) is 41.6 Å². The van der Waals surface area contributed by atoms with Gasteiger partial charge in [0.2, 0.25) is 5.82 Å². The average Bonchev–Trinajstić information content (AvgIpc) is 2.47. The van der Waals surface area contributed by atoms with Crippen LogP contribution in [0.15, 0.2) is 12.4 Å². The Kier molecular flexibility index (Phi) is 2.67. The number of hydrogen-bond acceptors (Lipinski definition) is 2. The van der Waals surface area contributed by atoms with Crippen molar-refractivity contribution in [2.45, 2.75) is 26.3 Å². The molecule has 1 rings (SSSR count). The summed E-state index contributed by atoms with van der Waals surface area (Å²) in [4.78, 5) is 3.89. The Hall–Kier alpha value is -1.30. The lowest BCUT2D eigenvalue weighted by atomic mass is 10.3. The molecule has 11 heavy (non-hydrogen) atoms. The third-order valence-electron chi connectivity index (χ3n) is 1.57. The Morgan fingerprint density at radius 2 is 2.55 bits per heavy atom. The quantitative estimate of drug-likeness (QED) is 0.654. The highest BCUT2D eigenvalue weighted by atomic mass is 15.1. The highest BCUT2D eigenvalue weighted by molar-refractivity contribution is 5.10. The smallest absolute Gasteiger partial charge is 0.212 e. The predicted octanol–water partition coefficient (Wildman–Crippen LogP) is 1.55. The van der Waals surface area contributed by atoms with Crippen LogP contribution in [0.2, 0.25) is 0 Å². The molecular weight excluding hydrogens is 138 g/mol. The van der Waals surface area contributed by atoms with E-state index < -0.39 is 0 Å². The fraction of sp³-hybridized carbons (Fsp3) is 0.500. The van der Waals surface area contributed by atoms with Crippen molar-refractivity contribution in [2.24, 2.45) is 0 Å². The van der Waals surface area contributed by atoms with Crippen LogP contribution in [0.3, 0.4) is 0 Å². The Labute approximate surface area is 66.3 Å². The third-order valence-corrected chi connectivity index (χ3v) is 1.57. The second kappa shape index (κ2) is 3.77. The van der Waals surface area contributed by atoms with Crippen LogP contribution >= 0.6 is 0 Å². The molecule has 0 bridgehead atoms. The number of hydrogen-bond donors (Lipinski definition) is 0. The van der Waals surface area contributed by atoms with E-state index in [9.17, 15) is 0 Å². The molecule has 58 valence electrons. The zero-order chi connectivity index (χ0) is 8.10. The van der Waals surface area contributed by atoms with Crippen LogP contribution in [0.1, 0.15) is 25.6 Å². The lowest BCUT2D eigenvalue weighted by Gasteiger charge is -1.99. The average molecular weight is 149 g/mol. The molecule has 0 aromatic carbocycles. The first kappa shape index (κ1) is 7.80. The van der Waals surface area contributed by atoms with Crippen molar-refractivity contribution in [1.82, 2.24) is 9.55 Å². The highest BCUT2D eigenvalue weighted by Gasteiger charge is 1.98. The molecule has 0 N–H and O–H groups in total. The minimum Gasteiger partial charge on any atom is -0.323 e. The van der Waals surface area contributed by atoms with Gasteiger partial charge in [0.15, 0.2) is 0 Å². The highest BCUT2D eigenvalue weighted by Crippen LogP contribution is 1.98. The largest absolute Gasteiger partial charge is 0.323 e. The van der Waals surface area contributed by atoms with E-state index in [1.807, 2.05) is 16.8 Å². The molecule has 0 unspecified atom stereocenters. The lowest BCUT2D eigenvalue weighted by molar-refractivity contribution is 0.625. The van der Waals surface area contributed by atoms with Crippen molar-refractivity contribution < 1.29 is 0 Å². The van der Waals surface area contributed by atoms with E-state index >= 15 is 0 Å². The van der Waals surface area contributed by atoms with E-state index in [4.69, 9.17) is 5.26 Å². The summed E-state index contributed by atoms with van der Waals surface area (Å²) in [7, 11) is 0. The zero-order valence-corrected chi connectivity index (χ0v) is 6.62. The maximum Gasteiger partial charge on any atom is 0.212 e. The van der Waals surface area contributed by atoms with Crippen LogP contribution in [0, 0.1) is 11.3 Å². The molecule has 3 heteroatoms. The lowest BCUT2D eigenvalue weighted by Crippen LogP contribution is -1.98. The van der Waals surface area contributed by atoms with Gasteiger partial charge in [0.25, 0.3) is 0 Å². The van der Waals surface area contributed by atoms with Gasteiger partial charge in [0.1, 0.15) is 6.07 Å². The molecule has 0 saturated carbocycles. The molecule has 1 heterocycles. The summed E-state index contributed by atoms with van der Waals surface area (Å²) in [6.45, 7) is 3.03. The van der Waals surface area contributed by atoms with Crippen LogP contribution in [-0.4, -0.2) is 9.55 Å². The molecule has 3 nitrogen and oxygen atoms in total. The SMILES string of the molecule is CCCCn1ccnc1C#N. The molecule has 1 aromatic heterocycles. The second-order valence-electron chi connectivity index (χ2n) is 2.41. The van der Waals surface area contributed by atoms with Gasteiger partial charge in [-0.2, -0.15) is 5.26 Å². The predicted molar refractivity (Wildman–Crippen MR) is 41.9 cm³/mol. The minimum absolute atomic E-state index is 0.512. The molecule has 0 aliphatic carbocycles. The number of nitriles is 1. The number of rotatable bonds is 3. The van der Waals surface area contributed by atoms with E-state index in [-0.39, 0.29) is 0 Å². The molecule has 0 spiro atoms. The maximum absolute atomic E-state index is 8.57. The number of nitrogens with zero attached hydrogens (tertiary/aromatic N) is 3. The summed E-state index contributed by atoms with van der Waals surface area (Å²) < 4.78 is 1.88. The number of imidazole rings is 1. The van der Waals surface area contributed by atoms with Crippen molar-refractivity contribution in [3.8, 4) is 6.07 Å². The Morgan fingerprint density at radius 1 is 1.73 bits per heavy atom. The van der Waals surface area contributed by atoms with Crippen molar-refractivity contribution in [1.29, 1.82) is 5.26 Å². The molecule has 0 atom stereocenters. The van der Waals surface area contributed by atoms with Crippen molar-refractivity contribution in [2.75, 3.05) is 0 Å². The van der Waals surface area contributed by atoms with Crippen molar-refractivity contribution >= 4 is 0 Å². The van der Waals surface area contributed by atoms with Crippen LogP contribution in [-0.2, 0) is 6.54 Å². The summed E-state index contributed by atoms with van der Waals surface area (Å²) in [5.74, 6) is 0.512. The van der Waals surface area contributed by atoms with E-state index in [2.05, 4.69) is 11.9 Å². The molecule has 0 amide bonds. The van der Waals surface area contributed by atoms with Crippen molar-refractivity contribution in [3.63, 3.8) is 0 Å². The molecule has 0 aliphatic heterocycles. The van der Waals surface area contributed by atoms with Gasteiger partial charge in [0.05, 0.1) is 0 Å². The summed E-state index contributed by atoms with van der Waals surface area (Å²) in [6.07, 6.45) is 5.75. The number of unbranched alkanes of at least 4 members (excludes halogenated alkanes) is 1. The van der Waals surface area contributed by atoms with Gasteiger partial charge < -0.3 is 4.57 Å². The fourth-order valence-electron chi connectivity index (χ4n) is 0.931. The fourth-order valence-corrected chi connectivity index (χ4v) is 0.931. The molecular formula is C8H11N3. The monoisotopic (exact) mass is 149 g/mol. The van der Waals surface area contributed by atoms with Crippen LogP contribution < -0.4 is 0 Å². The van der Waals surface area contributed by atoms with E-state index in [1.165, 1.54) is 0 Å². The first-order valence-electron chi connectivity index (χ1n) is 3.79. The summed E-state index contributed by atoms with van der Waals surface area (Å²) in [6, 6.07) is 2.04. The Morgan fingerprint density at radius 3 is 3.18 bits per heavy atom. The van der Waals surface area contributed by atoms with Crippen LogP contribution in [0.4, 0.5) is 0 Å². The minimum atomic E-state index is 0.512. The third kappa shape index (κ3) is 1.81. The zero-order valence-electron chi connectivity index (χ0n) is 6.62. The maximum atomic E-state index is 8.57. The van der Waals surface area contributed by atoms with E-state index in [1.54, 1.807) is 6.20 Å².